The van der Waals surface area contributed by atoms with Gasteiger partial charge >= 0.3 is 11.9 Å². The molecule has 0 atom stereocenters. The lowest BCUT2D eigenvalue weighted by Crippen LogP contribution is -2.43. The Hall–Kier alpha value is -7.78. The van der Waals surface area contributed by atoms with Crippen LogP contribution in [0.5, 0.6) is 0 Å². The van der Waals surface area contributed by atoms with Gasteiger partial charge in [-0.1, -0.05) is 47.5 Å². The molecule has 2 aliphatic rings. The summed E-state index contributed by atoms with van der Waals surface area (Å²) in [6, 6.07) is 16.0. The van der Waals surface area contributed by atoms with Gasteiger partial charge in [0.25, 0.3) is 11.8 Å². The van der Waals surface area contributed by atoms with Crippen molar-refractivity contribution in [2.75, 3.05) is 13.1 Å². The van der Waals surface area contributed by atoms with E-state index in [-0.39, 0.29) is 104 Å². The molecule has 6 amide bonds. The molecule has 356 valence electrons. The van der Waals surface area contributed by atoms with E-state index in [0.717, 1.165) is 0 Å². The second-order valence-electron chi connectivity index (χ2n) is 16.4. The number of rotatable bonds is 18. The zero-order chi connectivity index (χ0) is 49.3. The Kier molecular flexibility index (Phi) is 13.7. The number of primary amides is 2. The molecular formula is C46H40Cl2F2N10O9. The third-order valence-electron chi connectivity index (χ3n) is 11.5. The van der Waals surface area contributed by atoms with E-state index in [4.69, 9.17) is 39.4 Å². The van der Waals surface area contributed by atoms with Crippen LogP contribution in [0.2, 0.25) is 10.0 Å². The average molecular weight is 986 g/mol. The lowest BCUT2D eigenvalue weighted by molar-refractivity contribution is -0.137. The molecule has 2 aliphatic carbocycles. The van der Waals surface area contributed by atoms with Gasteiger partial charge in [-0.3, -0.25) is 38.1 Å². The summed E-state index contributed by atoms with van der Waals surface area (Å²) in [5, 5.41) is 13.5. The number of nitrogens with zero attached hydrogens (tertiary/aromatic N) is 6. The SMILES string of the molecule is NC(=O)c1nn(CC(=O)N(CC(=O)NCc2cccc(Cl)c2F)C2CC2)c2ccc(C(=O)OC(=O)c3ccc4c(c3)c(C(N)=O)nn4CC(=O)N(CC(=O)NCc3cccc(Cl)c3F)C3CC3)cc12. The van der Waals surface area contributed by atoms with E-state index in [2.05, 4.69) is 20.8 Å². The number of amides is 6. The number of ether oxygens (including phenoxy) is 1. The summed E-state index contributed by atoms with van der Waals surface area (Å²) >= 11 is 11.7. The van der Waals surface area contributed by atoms with Crippen molar-refractivity contribution >= 4 is 92.4 Å². The number of aromatic nitrogens is 4. The number of hydrogen-bond acceptors (Lipinski definition) is 11. The highest BCUT2D eigenvalue weighted by Gasteiger charge is 2.36. The number of halogens is 4. The average Bonchev–Trinajstić information content (AvgIpc) is 4.27. The first-order valence-electron chi connectivity index (χ1n) is 21.3. The third-order valence-corrected chi connectivity index (χ3v) is 12.0. The van der Waals surface area contributed by atoms with Crippen LogP contribution < -0.4 is 22.1 Å². The van der Waals surface area contributed by atoms with E-state index >= 15 is 0 Å². The van der Waals surface area contributed by atoms with Crippen molar-refractivity contribution in [1.82, 2.24) is 40.0 Å². The van der Waals surface area contributed by atoms with Gasteiger partial charge in [0.2, 0.25) is 23.6 Å². The fourth-order valence-electron chi connectivity index (χ4n) is 7.65. The first-order chi connectivity index (χ1) is 33.0. The number of benzene rings is 4. The maximum absolute atomic E-state index is 14.4. The first kappa shape index (κ1) is 47.7. The smallest absolute Gasteiger partial charge is 0.346 e. The molecule has 19 nitrogen and oxygen atoms in total. The van der Waals surface area contributed by atoms with Crippen LogP contribution in [0.1, 0.15) is 78.5 Å². The third kappa shape index (κ3) is 10.7. The Bertz CT molecular complexity index is 2930. The molecule has 2 aromatic heterocycles. The fraction of sp³-hybridized carbons (Fsp3) is 0.261. The van der Waals surface area contributed by atoms with Gasteiger partial charge in [-0.15, -0.1) is 0 Å². The van der Waals surface area contributed by atoms with Crippen LogP contribution in [0.25, 0.3) is 21.8 Å². The van der Waals surface area contributed by atoms with E-state index in [9.17, 15) is 47.1 Å². The minimum Gasteiger partial charge on any atom is -0.386 e. The standard InChI is InChI=1S/C46H40Cl2F2N10O9/c47-31-5-1-3-25(39(31)49)17-53-35(61)19-57(27-9-10-27)37(63)21-59-33-13-7-23(15-29(33)41(55-59)43(51)65)45(67)69-46(68)24-8-14-34-30(16-24)42(44(52)66)56-60(34)22-38(64)58(28-11-12-28)20-36(62)54-18-26-4-2-6-32(48)40(26)50/h1-8,13-16,27-28H,9-12,17-22H2,(H2,51,65)(H2,52,66)(H,53,61)(H,54,62). The van der Waals surface area contributed by atoms with Crippen molar-refractivity contribution in [3.05, 3.63) is 128 Å². The number of esters is 2. The highest BCUT2D eigenvalue weighted by atomic mass is 35.5. The van der Waals surface area contributed by atoms with Gasteiger partial charge in [-0.25, -0.2) is 18.4 Å². The Morgan fingerprint density at radius 1 is 0.623 bits per heavy atom. The Balaban J connectivity index is 0.931. The molecule has 2 fully saturated rings. The van der Waals surface area contributed by atoms with Crippen LogP contribution >= 0.6 is 23.2 Å². The van der Waals surface area contributed by atoms with E-state index in [1.165, 1.54) is 79.8 Å². The van der Waals surface area contributed by atoms with Gasteiger partial charge in [0.1, 0.15) is 24.7 Å². The molecule has 0 saturated heterocycles. The van der Waals surface area contributed by atoms with Crippen molar-refractivity contribution in [3.63, 3.8) is 0 Å². The van der Waals surface area contributed by atoms with Crippen molar-refractivity contribution in [1.29, 1.82) is 0 Å². The summed E-state index contributed by atoms with van der Waals surface area (Å²) in [5.74, 6) is -7.76. The van der Waals surface area contributed by atoms with Crippen LogP contribution in [0.3, 0.4) is 0 Å². The second kappa shape index (κ2) is 19.8. The number of fused-ring (bicyclic) bond motifs is 2. The molecule has 6 aromatic rings. The predicted octanol–water partition coefficient (Wildman–Crippen LogP) is 3.78. The molecule has 4 aromatic carbocycles. The predicted molar refractivity (Wildman–Crippen MR) is 242 cm³/mol. The second-order valence-corrected chi connectivity index (χ2v) is 17.2. The zero-order valence-electron chi connectivity index (χ0n) is 36.2. The number of nitrogens with one attached hydrogen (secondary N) is 2. The van der Waals surface area contributed by atoms with Crippen LogP contribution in [-0.2, 0) is 50.1 Å². The number of nitrogens with two attached hydrogens (primary N) is 2. The van der Waals surface area contributed by atoms with Crippen LogP contribution in [-0.4, -0.2) is 102 Å². The maximum Gasteiger partial charge on any atom is 0.346 e. The molecule has 8 rings (SSSR count). The highest BCUT2D eigenvalue weighted by Crippen LogP contribution is 2.30. The summed E-state index contributed by atoms with van der Waals surface area (Å²) in [6.07, 6.45) is 2.57. The molecule has 23 heteroatoms. The number of carbonyl (C=O) groups excluding carboxylic acids is 8. The zero-order valence-corrected chi connectivity index (χ0v) is 37.7. The van der Waals surface area contributed by atoms with E-state index in [1.54, 1.807) is 12.1 Å². The molecule has 6 N–H and O–H groups in total. The van der Waals surface area contributed by atoms with Crippen molar-refractivity contribution in [3.8, 4) is 0 Å². The highest BCUT2D eigenvalue weighted by molar-refractivity contribution is 6.31. The van der Waals surface area contributed by atoms with Gasteiger partial charge < -0.3 is 36.6 Å². The van der Waals surface area contributed by atoms with E-state index in [1.807, 2.05) is 0 Å². The Morgan fingerprint density at radius 2 is 1.01 bits per heavy atom. The monoisotopic (exact) mass is 984 g/mol. The molecular weight excluding hydrogens is 945 g/mol. The quantitative estimate of drug-likeness (QED) is 0.0711. The van der Waals surface area contributed by atoms with Crippen LogP contribution in [0.15, 0.2) is 72.8 Å². The van der Waals surface area contributed by atoms with Gasteiger partial charge in [0.15, 0.2) is 11.4 Å². The topological polar surface area (TPSA) is 264 Å². The van der Waals surface area contributed by atoms with Crippen molar-refractivity contribution < 1.29 is 51.9 Å². The maximum atomic E-state index is 14.4. The summed E-state index contributed by atoms with van der Waals surface area (Å²) in [7, 11) is 0. The Labute approximate surface area is 399 Å². The molecule has 69 heavy (non-hydrogen) atoms. The lowest BCUT2D eigenvalue weighted by Gasteiger charge is -2.22. The van der Waals surface area contributed by atoms with E-state index < -0.39 is 72.1 Å². The molecule has 0 bridgehead atoms. The number of carbonyl (C=O) groups is 8. The minimum absolute atomic E-state index is 0.0553. The summed E-state index contributed by atoms with van der Waals surface area (Å²) < 4.78 is 36.3. The van der Waals surface area contributed by atoms with Gasteiger partial charge in [0.05, 0.1) is 45.3 Å². The normalized spacial score (nSPS) is 13.2. The van der Waals surface area contributed by atoms with Crippen LogP contribution in [0.4, 0.5) is 8.78 Å². The number of hydrogen-bond donors (Lipinski definition) is 4. The summed E-state index contributed by atoms with van der Waals surface area (Å²) in [6.45, 7) is -1.85. The molecule has 0 aliphatic heterocycles. The van der Waals surface area contributed by atoms with Crippen molar-refractivity contribution in [2.45, 2.75) is 63.9 Å². The largest absolute Gasteiger partial charge is 0.386 e. The van der Waals surface area contributed by atoms with Gasteiger partial charge in [-0.05, 0) is 74.2 Å². The Morgan fingerprint density at radius 3 is 1.38 bits per heavy atom. The molecule has 2 saturated carbocycles. The van der Waals surface area contributed by atoms with Gasteiger partial charge in [-0.2, -0.15) is 10.2 Å². The molecule has 0 unspecified atom stereocenters. The van der Waals surface area contributed by atoms with Crippen LogP contribution in [0, 0.1) is 11.6 Å². The lowest BCUT2D eigenvalue weighted by atomic mass is 10.1. The molecule has 0 radical (unpaired) electrons. The first-order valence-corrected chi connectivity index (χ1v) is 22.1. The molecule has 2 heterocycles. The minimum atomic E-state index is -1.15. The van der Waals surface area contributed by atoms with Gasteiger partial charge in [0, 0.05) is 47.1 Å². The fourth-order valence-corrected chi connectivity index (χ4v) is 8.04. The molecule has 0 spiro atoms. The van der Waals surface area contributed by atoms with Crippen molar-refractivity contribution in [2.24, 2.45) is 11.5 Å². The summed E-state index contributed by atoms with van der Waals surface area (Å²) in [5.41, 5.74) is 11.0. The van der Waals surface area contributed by atoms with E-state index in [0.29, 0.717) is 25.7 Å². The summed E-state index contributed by atoms with van der Waals surface area (Å²) in [4.78, 5) is 108.